The van der Waals surface area contributed by atoms with Crippen LogP contribution in [0, 0.1) is 0 Å². The minimum absolute atomic E-state index is 0.186. The van der Waals surface area contributed by atoms with Crippen molar-refractivity contribution >= 4 is 28.4 Å². The maximum absolute atomic E-state index is 10.6. The molecule has 0 aromatic heterocycles. The van der Waals surface area contributed by atoms with Crippen molar-refractivity contribution in [3.63, 3.8) is 0 Å². The summed E-state index contributed by atoms with van der Waals surface area (Å²) in [6.45, 7) is 0. The normalized spacial score (nSPS) is 11.0. The number of carbonyl (C=O) groups is 1. The summed E-state index contributed by atoms with van der Waals surface area (Å²) in [7, 11) is 0. The van der Waals surface area contributed by atoms with Gasteiger partial charge in [-0.1, -0.05) is 83.5 Å². The van der Waals surface area contributed by atoms with Crippen molar-refractivity contribution in [2.45, 2.75) is 103 Å². The molecule has 0 rings (SSSR count). The molecule has 0 aliphatic rings. The zero-order chi connectivity index (χ0) is 15.6. The Morgan fingerprint density at radius 2 is 0.810 bits per heavy atom. The van der Waals surface area contributed by atoms with E-state index in [1.807, 2.05) is 0 Å². The van der Waals surface area contributed by atoms with Crippen molar-refractivity contribution in [3.05, 3.63) is 0 Å². The maximum Gasteiger partial charge on any atom is 0.221 e. The molecular formula is C18H34Cl2O. The van der Waals surface area contributed by atoms with Gasteiger partial charge >= 0.3 is 0 Å². The monoisotopic (exact) mass is 336 g/mol. The number of halogens is 2. The summed E-state index contributed by atoms with van der Waals surface area (Å²) >= 11 is 11.0. The van der Waals surface area contributed by atoms with Crippen molar-refractivity contribution in [1.82, 2.24) is 0 Å². The van der Waals surface area contributed by atoms with E-state index in [1.165, 1.54) is 83.5 Å². The Bertz CT molecular complexity index is 219. The topological polar surface area (TPSA) is 17.1 Å². The second-order valence-electron chi connectivity index (χ2n) is 6.10. The first-order valence-electron chi connectivity index (χ1n) is 9.01. The summed E-state index contributed by atoms with van der Waals surface area (Å²) in [6, 6.07) is 0. The first-order chi connectivity index (χ1) is 10.3. The Kier molecular flexibility index (Phi) is 18.5. The zero-order valence-corrected chi connectivity index (χ0v) is 15.2. The van der Waals surface area contributed by atoms with E-state index in [0.717, 1.165) is 18.7 Å². The first-order valence-corrected chi connectivity index (χ1v) is 9.93. The van der Waals surface area contributed by atoms with Gasteiger partial charge in [-0.25, -0.2) is 0 Å². The Hall–Kier alpha value is 0.250. The number of unbranched alkanes of at least 4 members (excludes halogenated alkanes) is 14. The van der Waals surface area contributed by atoms with Crippen molar-refractivity contribution in [1.29, 1.82) is 0 Å². The third-order valence-corrected chi connectivity index (χ3v) is 4.46. The third kappa shape index (κ3) is 20.2. The molecule has 0 aliphatic carbocycles. The second kappa shape index (κ2) is 18.3. The molecule has 21 heavy (non-hydrogen) atoms. The van der Waals surface area contributed by atoms with Crippen molar-refractivity contribution in [2.24, 2.45) is 0 Å². The van der Waals surface area contributed by atoms with E-state index in [4.69, 9.17) is 23.2 Å². The first kappa shape index (κ1) is 21.2. The van der Waals surface area contributed by atoms with Gasteiger partial charge in [-0.15, -0.1) is 11.6 Å². The van der Waals surface area contributed by atoms with Crippen molar-refractivity contribution < 1.29 is 4.79 Å². The number of hydrogen-bond acceptors (Lipinski definition) is 1. The highest BCUT2D eigenvalue weighted by molar-refractivity contribution is 6.63. The highest BCUT2D eigenvalue weighted by Gasteiger charge is 1.96. The lowest BCUT2D eigenvalue weighted by Crippen LogP contribution is -1.86. The molecule has 126 valence electrons. The summed E-state index contributed by atoms with van der Waals surface area (Å²) in [6.07, 6.45) is 20.2. The van der Waals surface area contributed by atoms with Crippen LogP contribution in [0.1, 0.15) is 103 Å². The molecular weight excluding hydrogens is 303 g/mol. The van der Waals surface area contributed by atoms with Crippen LogP contribution in [0.15, 0.2) is 0 Å². The Morgan fingerprint density at radius 1 is 0.524 bits per heavy atom. The third-order valence-electron chi connectivity index (χ3n) is 4.01. The predicted molar refractivity (Wildman–Crippen MR) is 95.5 cm³/mol. The lowest BCUT2D eigenvalue weighted by Gasteiger charge is -2.03. The molecule has 0 N–H and O–H groups in total. The van der Waals surface area contributed by atoms with Gasteiger partial charge in [0.1, 0.15) is 0 Å². The van der Waals surface area contributed by atoms with Gasteiger partial charge in [0.15, 0.2) is 0 Å². The minimum Gasteiger partial charge on any atom is -0.281 e. The summed E-state index contributed by atoms with van der Waals surface area (Å²) in [5.41, 5.74) is 0. The molecule has 0 unspecified atom stereocenters. The van der Waals surface area contributed by atoms with E-state index in [0.29, 0.717) is 6.42 Å². The average Bonchev–Trinajstić information content (AvgIpc) is 2.46. The van der Waals surface area contributed by atoms with E-state index < -0.39 is 0 Å². The SMILES string of the molecule is O=C(Cl)CCCCCCCCCCCCCCCCCCl. The number of carbonyl (C=O) groups excluding carboxylic acids is 1. The van der Waals surface area contributed by atoms with E-state index in [2.05, 4.69) is 0 Å². The summed E-state index contributed by atoms with van der Waals surface area (Å²) in [5.74, 6) is 0.824. The van der Waals surface area contributed by atoms with E-state index in [-0.39, 0.29) is 5.24 Å². The average molecular weight is 337 g/mol. The van der Waals surface area contributed by atoms with Crippen LogP contribution in [0.5, 0.6) is 0 Å². The second-order valence-corrected chi connectivity index (χ2v) is 6.90. The van der Waals surface area contributed by atoms with Gasteiger partial charge in [-0.05, 0) is 24.4 Å². The number of rotatable bonds is 17. The molecule has 0 aromatic carbocycles. The lowest BCUT2D eigenvalue weighted by atomic mass is 10.0. The maximum atomic E-state index is 10.6. The number of hydrogen-bond donors (Lipinski definition) is 0. The molecule has 0 aromatic rings. The van der Waals surface area contributed by atoms with Gasteiger partial charge in [0.25, 0.3) is 0 Å². The van der Waals surface area contributed by atoms with Crippen LogP contribution in [-0.4, -0.2) is 11.1 Å². The van der Waals surface area contributed by atoms with Crippen LogP contribution in [-0.2, 0) is 4.79 Å². The molecule has 0 heterocycles. The number of alkyl halides is 1. The molecule has 0 spiro atoms. The Balaban J connectivity index is 2.95. The summed E-state index contributed by atoms with van der Waals surface area (Å²) in [4.78, 5) is 10.6. The van der Waals surface area contributed by atoms with Crippen LogP contribution in [0.2, 0.25) is 0 Å². The Morgan fingerprint density at radius 3 is 1.10 bits per heavy atom. The van der Waals surface area contributed by atoms with Crippen LogP contribution in [0.25, 0.3) is 0 Å². The molecule has 0 radical (unpaired) electrons. The van der Waals surface area contributed by atoms with Gasteiger partial charge < -0.3 is 0 Å². The molecule has 0 bridgehead atoms. The fourth-order valence-corrected chi connectivity index (χ4v) is 2.98. The zero-order valence-electron chi connectivity index (χ0n) is 13.7. The quantitative estimate of drug-likeness (QED) is 0.155. The fraction of sp³-hybridized carbons (Fsp3) is 0.944. The molecule has 0 atom stereocenters. The van der Waals surface area contributed by atoms with Gasteiger partial charge in [-0.3, -0.25) is 4.79 Å². The standard InChI is InChI=1S/C18H34Cl2O/c19-17-15-13-11-9-7-5-3-1-2-4-6-8-10-12-14-16-18(20)21/h1-17H2. The van der Waals surface area contributed by atoms with Crippen LogP contribution >= 0.6 is 23.2 Å². The Labute approximate surface area is 142 Å². The molecule has 0 fully saturated rings. The minimum atomic E-state index is -0.186. The summed E-state index contributed by atoms with van der Waals surface area (Å²) < 4.78 is 0. The van der Waals surface area contributed by atoms with Crippen LogP contribution in [0.3, 0.4) is 0 Å². The van der Waals surface area contributed by atoms with Crippen molar-refractivity contribution in [2.75, 3.05) is 5.88 Å². The van der Waals surface area contributed by atoms with E-state index in [1.54, 1.807) is 0 Å². The van der Waals surface area contributed by atoms with Gasteiger partial charge in [-0.2, -0.15) is 0 Å². The largest absolute Gasteiger partial charge is 0.281 e. The van der Waals surface area contributed by atoms with E-state index in [9.17, 15) is 4.79 Å². The molecule has 0 saturated heterocycles. The lowest BCUT2D eigenvalue weighted by molar-refractivity contribution is -0.111. The molecule has 1 nitrogen and oxygen atoms in total. The van der Waals surface area contributed by atoms with Gasteiger partial charge in [0, 0.05) is 12.3 Å². The van der Waals surface area contributed by atoms with Crippen molar-refractivity contribution in [3.8, 4) is 0 Å². The predicted octanol–water partition coefficient (Wildman–Crippen LogP) is 7.23. The molecule has 0 amide bonds. The summed E-state index contributed by atoms with van der Waals surface area (Å²) in [5, 5.41) is -0.186. The molecule has 0 aliphatic heterocycles. The smallest absolute Gasteiger partial charge is 0.221 e. The van der Waals surface area contributed by atoms with Gasteiger partial charge in [0.2, 0.25) is 5.24 Å². The van der Waals surface area contributed by atoms with E-state index >= 15 is 0 Å². The van der Waals surface area contributed by atoms with Crippen LogP contribution in [0.4, 0.5) is 0 Å². The van der Waals surface area contributed by atoms with Gasteiger partial charge in [0.05, 0.1) is 0 Å². The molecule has 0 saturated carbocycles. The highest BCUT2D eigenvalue weighted by Crippen LogP contribution is 2.14. The molecule has 3 heteroatoms. The van der Waals surface area contributed by atoms with Crippen LogP contribution < -0.4 is 0 Å². The fourth-order valence-electron chi connectivity index (χ4n) is 2.66. The highest BCUT2D eigenvalue weighted by atomic mass is 35.5.